The summed E-state index contributed by atoms with van der Waals surface area (Å²) >= 11 is 0. The maximum absolute atomic E-state index is 9.07. The number of pyridine rings is 1. The number of hydrogen-bond acceptors (Lipinski definition) is 4. The van der Waals surface area contributed by atoms with Gasteiger partial charge >= 0.3 is 0 Å². The molecule has 0 radical (unpaired) electrons. The van der Waals surface area contributed by atoms with Crippen LogP contribution in [-0.4, -0.2) is 17.1 Å². The van der Waals surface area contributed by atoms with Crippen LogP contribution in [0.4, 0.5) is 0 Å². The molecule has 0 fully saturated rings. The van der Waals surface area contributed by atoms with Crippen molar-refractivity contribution in [1.29, 1.82) is 0 Å². The van der Waals surface area contributed by atoms with Crippen molar-refractivity contribution >= 4 is 0 Å². The van der Waals surface area contributed by atoms with E-state index in [4.69, 9.17) is 9.84 Å². The summed E-state index contributed by atoms with van der Waals surface area (Å²) in [6.07, 6.45) is 1.80. The lowest BCUT2D eigenvalue weighted by Crippen LogP contribution is -2.12. The lowest BCUT2D eigenvalue weighted by molar-refractivity contribution is 0.281. The molecule has 0 spiro atoms. The van der Waals surface area contributed by atoms with E-state index >= 15 is 0 Å². The van der Waals surface area contributed by atoms with Gasteiger partial charge in [-0.15, -0.1) is 0 Å². The lowest BCUT2D eigenvalue weighted by Gasteiger charge is -2.11. The van der Waals surface area contributed by atoms with Gasteiger partial charge in [-0.25, -0.2) is 4.98 Å². The second-order valence-electron chi connectivity index (χ2n) is 4.35. The van der Waals surface area contributed by atoms with E-state index in [1.807, 2.05) is 37.4 Å². The number of aliphatic hydroxyl groups excluding tert-OH is 1. The van der Waals surface area contributed by atoms with E-state index in [0.717, 1.165) is 11.1 Å². The molecule has 0 amide bonds. The van der Waals surface area contributed by atoms with Crippen molar-refractivity contribution in [3.8, 4) is 11.6 Å². The molecule has 0 aliphatic carbocycles. The maximum atomic E-state index is 9.07. The Kier molecular flexibility index (Phi) is 4.49. The van der Waals surface area contributed by atoms with Gasteiger partial charge in [0.25, 0.3) is 0 Å². The number of hydrogen-bond donors (Lipinski definition) is 2. The zero-order chi connectivity index (χ0) is 13.7. The number of benzene rings is 1. The van der Waals surface area contributed by atoms with Crippen molar-refractivity contribution in [2.75, 3.05) is 7.05 Å². The highest BCUT2D eigenvalue weighted by molar-refractivity contribution is 5.32. The highest BCUT2D eigenvalue weighted by atomic mass is 16.5. The lowest BCUT2D eigenvalue weighted by atomic mass is 10.1. The van der Waals surface area contributed by atoms with E-state index in [1.54, 1.807) is 12.3 Å². The van der Waals surface area contributed by atoms with E-state index in [1.165, 1.54) is 0 Å². The van der Waals surface area contributed by atoms with Gasteiger partial charge in [-0.3, -0.25) is 0 Å². The monoisotopic (exact) mass is 258 g/mol. The number of nitrogens with one attached hydrogen (secondary N) is 1. The molecular formula is C15H18N2O2. The molecule has 0 aliphatic rings. The predicted molar refractivity (Wildman–Crippen MR) is 74.2 cm³/mol. The Morgan fingerprint density at radius 2 is 2.16 bits per heavy atom. The van der Waals surface area contributed by atoms with E-state index in [-0.39, 0.29) is 12.6 Å². The second kappa shape index (κ2) is 6.31. The zero-order valence-corrected chi connectivity index (χ0v) is 11.1. The SMILES string of the molecule is CNC(C)c1ccc(Oc2cccc(CO)c2)nc1. The standard InChI is InChI=1S/C15H18N2O2/c1-11(16-2)13-6-7-15(17-9-13)19-14-5-3-4-12(8-14)10-18/h3-9,11,16,18H,10H2,1-2H3. The van der Waals surface area contributed by atoms with Crippen LogP contribution in [0, 0.1) is 0 Å². The molecule has 1 aromatic carbocycles. The van der Waals surface area contributed by atoms with Crippen molar-refractivity contribution in [3.63, 3.8) is 0 Å². The van der Waals surface area contributed by atoms with Crippen molar-refractivity contribution < 1.29 is 9.84 Å². The third-order valence-corrected chi connectivity index (χ3v) is 3.00. The summed E-state index contributed by atoms with van der Waals surface area (Å²) in [6, 6.07) is 11.4. The van der Waals surface area contributed by atoms with E-state index in [2.05, 4.69) is 17.2 Å². The van der Waals surface area contributed by atoms with Crippen molar-refractivity contribution in [1.82, 2.24) is 10.3 Å². The van der Waals surface area contributed by atoms with Gasteiger partial charge in [-0.2, -0.15) is 0 Å². The summed E-state index contributed by atoms with van der Waals surface area (Å²) in [6.45, 7) is 2.07. The van der Waals surface area contributed by atoms with E-state index < -0.39 is 0 Å². The van der Waals surface area contributed by atoms with Gasteiger partial charge in [-0.05, 0) is 37.2 Å². The average molecular weight is 258 g/mol. The Hall–Kier alpha value is -1.91. The minimum atomic E-state index is 0.00322. The Morgan fingerprint density at radius 3 is 2.79 bits per heavy atom. The summed E-state index contributed by atoms with van der Waals surface area (Å²) in [4.78, 5) is 4.27. The largest absolute Gasteiger partial charge is 0.439 e. The molecule has 2 rings (SSSR count). The number of aromatic nitrogens is 1. The van der Waals surface area contributed by atoms with Gasteiger partial charge in [0.2, 0.25) is 5.88 Å². The molecule has 4 heteroatoms. The molecule has 100 valence electrons. The molecule has 0 bridgehead atoms. The fourth-order valence-corrected chi connectivity index (χ4v) is 1.70. The highest BCUT2D eigenvalue weighted by Gasteiger charge is 2.04. The van der Waals surface area contributed by atoms with Crippen LogP contribution in [-0.2, 0) is 6.61 Å². The average Bonchev–Trinajstić information content (AvgIpc) is 2.47. The van der Waals surface area contributed by atoms with Gasteiger partial charge in [0.15, 0.2) is 0 Å². The Bertz CT molecular complexity index is 526. The van der Waals surface area contributed by atoms with Gasteiger partial charge < -0.3 is 15.2 Å². The molecule has 1 unspecified atom stereocenters. The van der Waals surface area contributed by atoms with Crippen molar-refractivity contribution in [2.45, 2.75) is 19.6 Å². The molecule has 19 heavy (non-hydrogen) atoms. The van der Waals surface area contributed by atoms with Gasteiger partial charge in [0, 0.05) is 18.3 Å². The predicted octanol–water partition coefficient (Wildman–Crippen LogP) is 2.65. The first kappa shape index (κ1) is 13.5. The number of aliphatic hydroxyl groups is 1. The first-order valence-corrected chi connectivity index (χ1v) is 6.24. The number of nitrogens with zero attached hydrogens (tertiary/aromatic N) is 1. The Labute approximate surface area is 113 Å². The molecule has 0 saturated heterocycles. The van der Waals surface area contributed by atoms with Crippen LogP contribution in [0.3, 0.4) is 0 Å². The summed E-state index contributed by atoms with van der Waals surface area (Å²) in [5.74, 6) is 1.22. The van der Waals surface area contributed by atoms with Gasteiger partial charge in [-0.1, -0.05) is 18.2 Å². The molecule has 2 N–H and O–H groups in total. The maximum Gasteiger partial charge on any atom is 0.219 e. The van der Waals surface area contributed by atoms with Gasteiger partial charge in [0.1, 0.15) is 5.75 Å². The Balaban J connectivity index is 2.10. The third kappa shape index (κ3) is 3.53. The van der Waals surface area contributed by atoms with Crippen LogP contribution in [0.2, 0.25) is 0 Å². The fraction of sp³-hybridized carbons (Fsp3) is 0.267. The summed E-state index contributed by atoms with van der Waals surface area (Å²) < 4.78 is 5.65. The molecular weight excluding hydrogens is 240 g/mol. The highest BCUT2D eigenvalue weighted by Crippen LogP contribution is 2.21. The smallest absolute Gasteiger partial charge is 0.219 e. The van der Waals surface area contributed by atoms with Gasteiger partial charge in [0.05, 0.1) is 6.61 Å². The third-order valence-electron chi connectivity index (χ3n) is 3.00. The molecule has 0 saturated carbocycles. The van der Waals surface area contributed by atoms with Crippen LogP contribution in [0.25, 0.3) is 0 Å². The minimum Gasteiger partial charge on any atom is -0.439 e. The number of rotatable bonds is 5. The zero-order valence-electron chi connectivity index (χ0n) is 11.1. The van der Waals surface area contributed by atoms with Crippen LogP contribution in [0.15, 0.2) is 42.6 Å². The molecule has 2 aromatic rings. The molecule has 0 aliphatic heterocycles. The van der Waals surface area contributed by atoms with Crippen LogP contribution in [0.5, 0.6) is 11.6 Å². The molecule has 4 nitrogen and oxygen atoms in total. The molecule has 1 heterocycles. The summed E-state index contributed by atoms with van der Waals surface area (Å²) in [5.41, 5.74) is 1.93. The van der Waals surface area contributed by atoms with Crippen molar-refractivity contribution in [2.24, 2.45) is 0 Å². The van der Waals surface area contributed by atoms with Crippen LogP contribution < -0.4 is 10.1 Å². The number of ether oxygens (including phenoxy) is 1. The molecule has 1 atom stereocenters. The quantitative estimate of drug-likeness (QED) is 0.865. The minimum absolute atomic E-state index is 0.00322. The van der Waals surface area contributed by atoms with E-state index in [0.29, 0.717) is 11.6 Å². The summed E-state index contributed by atoms with van der Waals surface area (Å²) in [7, 11) is 1.91. The van der Waals surface area contributed by atoms with Crippen molar-refractivity contribution in [3.05, 3.63) is 53.7 Å². The van der Waals surface area contributed by atoms with Crippen LogP contribution >= 0.6 is 0 Å². The second-order valence-corrected chi connectivity index (χ2v) is 4.35. The Morgan fingerprint density at radius 1 is 1.32 bits per heavy atom. The first-order valence-electron chi connectivity index (χ1n) is 6.24. The van der Waals surface area contributed by atoms with E-state index in [9.17, 15) is 0 Å². The fourth-order valence-electron chi connectivity index (χ4n) is 1.70. The normalized spacial score (nSPS) is 12.2. The van der Waals surface area contributed by atoms with Crippen LogP contribution in [0.1, 0.15) is 24.1 Å². The topological polar surface area (TPSA) is 54.4 Å². The molecule has 1 aromatic heterocycles. The summed E-state index contributed by atoms with van der Waals surface area (Å²) in [5, 5.41) is 12.2. The first-order chi connectivity index (χ1) is 9.22.